The summed E-state index contributed by atoms with van der Waals surface area (Å²) >= 11 is 6.33. The number of hydrogen-bond donors (Lipinski definition) is 1. The normalized spacial score (nSPS) is 22.2. The number of benzene rings is 2. The zero-order chi connectivity index (χ0) is 18.9. The van der Waals surface area contributed by atoms with Gasteiger partial charge in [0.25, 0.3) is 0 Å². The standard InChI is InChI=1S/C19H25ClN2O3S/c1-21(2)12-19(14-23)10-5-11-22(13-19)26(24,25)17-9-4-7-15-6-3-8-16(20)18(15)17/h3-4,6-9,23H,5,10-14H2,1-2H3. The lowest BCUT2D eigenvalue weighted by Crippen LogP contribution is -2.51. The zero-order valence-corrected chi connectivity index (χ0v) is 16.7. The molecule has 0 saturated carbocycles. The van der Waals surface area contributed by atoms with Crippen molar-refractivity contribution in [1.82, 2.24) is 9.21 Å². The highest BCUT2D eigenvalue weighted by atomic mass is 35.5. The molecular formula is C19H25ClN2O3S. The zero-order valence-electron chi connectivity index (χ0n) is 15.2. The minimum Gasteiger partial charge on any atom is -0.396 e. The molecule has 0 aliphatic carbocycles. The Hall–Kier alpha value is -1.18. The molecule has 1 aliphatic heterocycles. The number of aliphatic hydroxyl groups excluding tert-OH is 1. The van der Waals surface area contributed by atoms with Crippen LogP contribution in [0.3, 0.4) is 0 Å². The average Bonchev–Trinajstić information content (AvgIpc) is 2.61. The van der Waals surface area contributed by atoms with Gasteiger partial charge in [0, 0.05) is 35.5 Å². The Morgan fingerprint density at radius 1 is 1.23 bits per heavy atom. The first kappa shape index (κ1) is 19.6. The van der Waals surface area contributed by atoms with Gasteiger partial charge in [-0.2, -0.15) is 4.31 Å². The van der Waals surface area contributed by atoms with E-state index in [0.29, 0.717) is 30.0 Å². The molecule has 1 aliphatic rings. The summed E-state index contributed by atoms with van der Waals surface area (Å²) in [7, 11) is 0.171. The predicted octanol–water partition coefficient (Wildman–Crippen LogP) is 2.82. The number of hydrogen-bond acceptors (Lipinski definition) is 4. The molecule has 1 atom stereocenters. The van der Waals surface area contributed by atoms with Crippen molar-refractivity contribution in [2.24, 2.45) is 5.41 Å². The van der Waals surface area contributed by atoms with Crippen molar-refractivity contribution in [3.63, 3.8) is 0 Å². The maximum Gasteiger partial charge on any atom is 0.243 e. The highest BCUT2D eigenvalue weighted by Crippen LogP contribution is 2.36. The number of rotatable bonds is 5. The molecule has 1 N–H and O–H groups in total. The fraction of sp³-hybridized carbons (Fsp3) is 0.474. The van der Waals surface area contributed by atoms with Crippen molar-refractivity contribution < 1.29 is 13.5 Å². The first-order valence-electron chi connectivity index (χ1n) is 8.72. The average molecular weight is 397 g/mol. The summed E-state index contributed by atoms with van der Waals surface area (Å²) in [5.41, 5.74) is -0.441. The quantitative estimate of drug-likeness (QED) is 0.844. The van der Waals surface area contributed by atoms with Gasteiger partial charge in [-0.25, -0.2) is 8.42 Å². The number of nitrogens with zero attached hydrogens (tertiary/aromatic N) is 2. The van der Waals surface area contributed by atoms with Crippen molar-refractivity contribution in [2.45, 2.75) is 17.7 Å². The molecule has 0 bridgehead atoms. The molecular weight excluding hydrogens is 372 g/mol. The van der Waals surface area contributed by atoms with Crippen LogP contribution in [0.5, 0.6) is 0 Å². The summed E-state index contributed by atoms with van der Waals surface area (Å²) in [5, 5.41) is 11.8. The van der Waals surface area contributed by atoms with Crippen LogP contribution < -0.4 is 0 Å². The fourth-order valence-corrected chi connectivity index (χ4v) is 6.13. The third kappa shape index (κ3) is 3.62. The van der Waals surface area contributed by atoms with E-state index in [1.165, 1.54) is 4.31 Å². The second kappa shape index (κ2) is 7.44. The molecule has 5 nitrogen and oxygen atoms in total. The molecule has 7 heteroatoms. The molecule has 0 aromatic heterocycles. The van der Waals surface area contributed by atoms with E-state index in [1.54, 1.807) is 18.2 Å². The third-order valence-electron chi connectivity index (χ3n) is 5.05. The lowest BCUT2D eigenvalue weighted by molar-refractivity contribution is 0.0409. The number of halogens is 1. The van der Waals surface area contributed by atoms with E-state index in [1.807, 2.05) is 37.2 Å². The first-order valence-corrected chi connectivity index (χ1v) is 10.5. The second-order valence-electron chi connectivity index (χ2n) is 7.43. The minimum absolute atomic E-state index is 0.0342. The van der Waals surface area contributed by atoms with Crippen molar-refractivity contribution in [1.29, 1.82) is 0 Å². The Labute approximate surface area is 160 Å². The van der Waals surface area contributed by atoms with E-state index in [2.05, 4.69) is 0 Å². The number of sulfonamides is 1. The van der Waals surface area contributed by atoms with E-state index < -0.39 is 15.4 Å². The Morgan fingerprint density at radius 3 is 2.58 bits per heavy atom. The second-order valence-corrected chi connectivity index (χ2v) is 9.75. The Balaban J connectivity index is 2.04. The molecule has 1 unspecified atom stereocenters. The molecule has 2 aromatic rings. The molecule has 26 heavy (non-hydrogen) atoms. The number of fused-ring (bicyclic) bond motifs is 1. The summed E-state index contributed by atoms with van der Waals surface area (Å²) < 4.78 is 28.3. The maximum atomic E-state index is 13.4. The van der Waals surface area contributed by atoms with E-state index >= 15 is 0 Å². The largest absolute Gasteiger partial charge is 0.396 e. The van der Waals surface area contributed by atoms with Crippen LogP contribution in [0.4, 0.5) is 0 Å². The molecule has 1 fully saturated rings. The van der Waals surface area contributed by atoms with Gasteiger partial charge in [0.05, 0.1) is 11.5 Å². The van der Waals surface area contributed by atoms with Crippen LogP contribution in [0.15, 0.2) is 41.3 Å². The molecule has 2 aromatic carbocycles. The van der Waals surface area contributed by atoms with Gasteiger partial charge in [0.15, 0.2) is 0 Å². The number of aliphatic hydroxyl groups is 1. The minimum atomic E-state index is -3.71. The highest BCUT2D eigenvalue weighted by molar-refractivity contribution is 7.89. The van der Waals surface area contributed by atoms with Gasteiger partial charge in [-0.05, 0) is 44.5 Å². The Kier molecular flexibility index (Phi) is 5.61. The SMILES string of the molecule is CN(C)CC1(CO)CCCN(S(=O)(=O)c2cccc3cccc(Cl)c23)C1. The summed E-state index contributed by atoms with van der Waals surface area (Å²) in [4.78, 5) is 2.24. The van der Waals surface area contributed by atoms with Crippen LogP contribution in [0.1, 0.15) is 12.8 Å². The Bertz CT molecular complexity index is 896. The van der Waals surface area contributed by atoms with Gasteiger partial charge < -0.3 is 10.0 Å². The van der Waals surface area contributed by atoms with E-state index in [-0.39, 0.29) is 11.5 Å². The maximum absolute atomic E-state index is 13.4. The van der Waals surface area contributed by atoms with Crippen molar-refractivity contribution in [2.75, 3.05) is 40.3 Å². The van der Waals surface area contributed by atoms with Crippen LogP contribution in [0, 0.1) is 5.41 Å². The number of piperidine rings is 1. The van der Waals surface area contributed by atoms with Crippen molar-refractivity contribution in [3.05, 3.63) is 41.4 Å². The smallest absolute Gasteiger partial charge is 0.243 e. The third-order valence-corrected chi connectivity index (χ3v) is 7.25. The fourth-order valence-electron chi connectivity index (χ4n) is 3.96. The summed E-state index contributed by atoms with van der Waals surface area (Å²) in [6.07, 6.45) is 1.54. The van der Waals surface area contributed by atoms with E-state index in [0.717, 1.165) is 18.2 Å². The van der Waals surface area contributed by atoms with Crippen molar-refractivity contribution >= 4 is 32.4 Å². The lowest BCUT2D eigenvalue weighted by Gasteiger charge is -2.42. The molecule has 1 heterocycles. The van der Waals surface area contributed by atoms with Gasteiger partial charge >= 0.3 is 0 Å². The Morgan fingerprint density at radius 2 is 1.92 bits per heavy atom. The van der Waals surface area contributed by atoms with E-state index in [4.69, 9.17) is 11.6 Å². The first-order chi connectivity index (χ1) is 12.3. The molecule has 0 amide bonds. The molecule has 3 rings (SSSR count). The van der Waals surface area contributed by atoms with Gasteiger partial charge in [-0.3, -0.25) is 0 Å². The van der Waals surface area contributed by atoms with Gasteiger partial charge in [-0.1, -0.05) is 35.9 Å². The van der Waals surface area contributed by atoms with Gasteiger partial charge in [-0.15, -0.1) is 0 Å². The van der Waals surface area contributed by atoms with Gasteiger partial charge in [0.1, 0.15) is 0 Å². The summed E-state index contributed by atoms with van der Waals surface area (Å²) in [6, 6.07) is 10.6. The predicted molar refractivity (Wildman–Crippen MR) is 105 cm³/mol. The van der Waals surface area contributed by atoms with Crippen LogP contribution in [0.25, 0.3) is 10.8 Å². The van der Waals surface area contributed by atoms with Crippen LogP contribution in [-0.4, -0.2) is 63.1 Å². The van der Waals surface area contributed by atoms with Crippen LogP contribution in [0.2, 0.25) is 5.02 Å². The van der Waals surface area contributed by atoms with Crippen LogP contribution in [-0.2, 0) is 10.0 Å². The van der Waals surface area contributed by atoms with Crippen molar-refractivity contribution in [3.8, 4) is 0 Å². The van der Waals surface area contributed by atoms with Gasteiger partial charge in [0.2, 0.25) is 10.0 Å². The summed E-state index contributed by atoms with van der Waals surface area (Å²) in [6.45, 7) is 1.38. The lowest BCUT2D eigenvalue weighted by atomic mass is 9.81. The van der Waals surface area contributed by atoms with Crippen LogP contribution >= 0.6 is 11.6 Å². The molecule has 0 spiro atoms. The summed E-state index contributed by atoms with van der Waals surface area (Å²) in [5.74, 6) is 0. The monoisotopic (exact) mass is 396 g/mol. The molecule has 142 valence electrons. The molecule has 0 radical (unpaired) electrons. The topological polar surface area (TPSA) is 60.9 Å². The highest BCUT2D eigenvalue weighted by Gasteiger charge is 2.40. The van der Waals surface area contributed by atoms with E-state index in [9.17, 15) is 13.5 Å². The molecule has 1 saturated heterocycles.